The molecule has 3 rings (SSSR count). The van der Waals surface area contributed by atoms with E-state index in [4.69, 9.17) is 0 Å². The molecule has 130 valence electrons. The van der Waals surface area contributed by atoms with Crippen molar-refractivity contribution in [3.63, 3.8) is 0 Å². The van der Waals surface area contributed by atoms with Crippen molar-refractivity contribution in [2.75, 3.05) is 11.9 Å². The number of nitrogens with one attached hydrogen (secondary N) is 2. The van der Waals surface area contributed by atoms with Gasteiger partial charge in [-0.25, -0.2) is 4.39 Å². The third kappa shape index (κ3) is 4.41. The van der Waals surface area contributed by atoms with Crippen molar-refractivity contribution in [3.8, 4) is 0 Å². The molecule has 0 radical (unpaired) electrons. The summed E-state index contributed by atoms with van der Waals surface area (Å²) in [5.41, 5.74) is 2.07. The van der Waals surface area contributed by atoms with E-state index in [1.807, 2.05) is 18.2 Å². The summed E-state index contributed by atoms with van der Waals surface area (Å²) >= 11 is 0. The first-order valence-electron chi connectivity index (χ1n) is 8.40. The Morgan fingerprint density at radius 3 is 2.96 bits per heavy atom. The topological polar surface area (TPSA) is 71.1 Å². The Balaban J connectivity index is 1.51. The molecule has 0 bridgehead atoms. The van der Waals surface area contributed by atoms with Crippen LogP contribution in [0.25, 0.3) is 0 Å². The minimum Gasteiger partial charge on any atom is -0.356 e. The largest absolute Gasteiger partial charge is 0.356 e. The number of unbranched alkanes of at least 4 members (excludes halogenated alkanes) is 1. The van der Waals surface area contributed by atoms with Crippen molar-refractivity contribution in [1.82, 2.24) is 10.3 Å². The summed E-state index contributed by atoms with van der Waals surface area (Å²) in [5.74, 6) is -1.52. The molecule has 1 aliphatic rings. The molecule has 1 aliphatic heterocycles. The van der Waals surface area contributed by atoms with Gasteiger partial charge in [0.05, 0.1) is 5.92 Å². The van der Waals surface area contributed by atoms with Crippen molar-refractivity contribution < 1.29 is 14.0 Å². The van der Waals surface area contributed by atoms with Crippen LogP contribution in [0.15, 0.2) is 42.6 Å². The zero-order valence-corrected chi connectivity index (χ0v) is 13.8. The lowest BCUT2D eigenvalue weighted by Gasteiger charge is -2.24. The molecule has 0 aliphatic carbocycles. The Labute approximate surface area is 145 Å². The quantitative estimate of drug-likeness (QED) is 0.794. The molecule has 0 saturated heterocycles. The highest BCUT2D eigenvalue weighted by molar-refractivity contribution is 6.01. The van der Waals surface area contributed by atoms with Crippen LogP contribution in [-0.4, -0.2) is 23.3 Å². The Bertz CT molecular complexity index is 765. The molecule has 25 heavy (non-hydrogen) atoms. The van der Waals surface area contributed by atoms with E-state index in [1.54, 1.807) is 6.20 Å². The Hall–Kier alpha value is -2.76. The second kappa shape index (κ2) is 7.88. The van der Waals surface area contributed by atoms with Gasteiger partial charge in [-0.2, -0.15) is 0 Å². The maximum atomic E-state index is 13.5. The normalized spacial score (nSPS) is 16.0. The first-order chi connectivity index (χ1) is 12.1. The summed E-state index contributed by atoms with van der Waals surface area (Å²) in [6, 6.07) is 9.90. The smallest absolute Gasteiger partial charge is 0.228 e. The number of aryl methyl sites for hydroxylation is 1. The van der Waals surface area contributed by atoms with Crippen LogP contribution in [0.2, 0.25) is 0 Å². The second-order valence-electron chi connectivity index (χ2n) is 6.11. The molecule has 0 unspecified atom stereocenters. The molecular formula is C19H20FN3O2. The fourth-order valence-electron chi connectivity index (χ4n) is 2.98. The number of hydrogen-bond donors (Lipinski definition) is 2. The lowest BCUT2D eigenvalue weighted by atomic mass is 9.89. The summed E-state index contributed by atoms with van der Waals surface area (Å²) in [6.45, 7) is 0.522. The Morgan fingerprint density at radius 1 is 1.28 bits per heavy atom. The highest BCUT2D eigenvalue weighted by Gasteiger charge is 2.30. The Morgan fingerprint density at radius 2 is 2.16 bits per heavy atom. The van der Waals surface area contributed by atoms with Gasteiger partial charge in [-0.15, -0.1) is 0 Å². The van der Waals surface area contributed by atoms with Crippen molar-refractivity contribution in [1.29, 1.82) is 0 Å². The molecule has 1 aromatic heterocycles. The van der Waals surface area contributed by atoms with Crippen molar-refractivity contribution in [2.45, 2.75) is 31.6 Å². The molecule has 0 fully saturated rings. The molecule has 1 aromatic carbocycles. The van der Waals surface area contributed by atoms with Gasteiger partial charge in [-0.05, 0) is 55.2 Å². The van der Waals surface area contributed by atoms with E-state index in [-0.39, 0.29) is 18.2 Å². The van der Waals surface area contributed by atoms with E-state index < -0.39 is 11.7 Å². The van der Waals surface area contributed by atoms with Crippen molar-refractivity contribution in [3.05, 3.63) is 59.7 Å². The number of amides is 2. The second-order valence-corrected chi connectivity index (χ2v) is 6.11. The minimum absolute atomic E-state index is 0.0379. The van der Waals surface area contributed by atoms with Gasteiger partial charge in [0, 0.05) is 30.5 Å². The highest BCUT2D eigenvalue weighted by atomic mass is 19.1. The van der Waals surface area contributed by atoms with Gasteiger partial charge in [0.15, 0.2) is 0 Å². The van der Waals surface area contributed by atoms with E-state index in [9.17, 15) is 14.0 Å². The van der Waals surface area contributed by atoms with Crippen LogP contribution < -0.4 is 10.6 Å². The summed E-state index contributed by atoms with van der Waals surface area (Å²) in [6.07, 6.45) is 4.39. The number of rotatable bonds is 6. The maximum Gasteiger partial charge on any atom is 0.228 e. The number of aromatic nitrogens is 1. The predicted molar refractivity (Wildman–Crippen MR) is 92.6 cm³/mol. The third-order valence-electron chi connectivity index (χ3n) is 4.25. The highest BCUT2D eigenvalue weighted by Crippen LogP contribution is 2.32. The zero-order chi connectivity index (χ0) is 17.6. The molecule has 2 amide bonds. The SMILES string of the molecule is O=C1C[C@H](C(=O)NCCCCc2ccccn2)c2cc(F)ccc2N1. The third-order valence-corrected chi connectivity index (χ3v) is 4.25. The number of benzene rings is 1. The van der Waals surface area contributed by atoms with E-state index in [0.29, 0.717) is 17.8 Å². The van der Waals surface area contributed by atoms with Gasteiger partial charge in [0.25, 0.3) is 0 Å². The average Bonchev–Trinajstić information content (AvgIpc) is 2.62. The van der Waals surface area contributed by atoms with Crippen LogP contribution in [0.4, 0.5) is 10.1 Å². The maximum absolute atomic E-state index is 13.5. The van der Waals surface area contributed by atoms with E-state index in [1.165, 1.54) is 18.2 Å². The lowest BCUT2D eigenvalue weighted by molar-refractivity contribution is -0.126. The van der Waals surface area contributed by atoms with E-state index in [2.05, 4.69) is 15.6 Å². The Kier molecular flexibility index (Phi) is 5.38. The van der Waals surface area contributed by atoms with Crippen molar-refractivity contribution >= 4 is 17.5 Å². The number of nitrogens with zero attached hydrogens (tertiary/aromatic N) is 1. The molecule has 0 saturated carbocycles. The molecule has 1 atom stereocenters. The number of halogens is 1. The number of fused-ring (bicyclic) bond motifs is 1. The van der Waals surface area contributed by atoms with Gasteiger partial charge >= 0.3 is 0 Å². The number of hydrogen-bond acceptors (Lipinski definition) is 3. The van der Waals surface area contributed by atoms with E-state index in [0.717, 1.165) is 25.0 Å². The zero-order valence-electron chi connectivity index (χ0n) is 13.8. The van der Waals surface area contributed by atoms with Gasteiger partial charge < -0.3 is 10.6 Å². The molecule has 0 spiro atoms. The number of carbonyl (C=O) groups is 2. The number of pyridine rings is 1. The summed E-state index contributed by atoms with van der Waals surface area (Å²) in [7, 11) is 0. The molecule has 2 N–H and O–H groups in total. The fourth-order valence-corrected chi connectivity index (χ4v) is 2.98. The monoisotopic (exact) mass is 341 g/mol. The first-order valence-corrected chi connectivity index (χ1v) is 8.40. The van der Waals surface area contributed by atoms with Gasteiger partial charge in [0.1, 0.15) is 5.82 Å². The fraction of sp³-hybridized carbons (Fsp3) is 0.316. The van der Waals surface area contributed by atoms with Crippen LogP contribution >= 0.6 is 0 Å². The van der Waals surface area contributed by atoms with Gasteiger partial charge in [0.2, 0.25) is 11.8 Å². The van der Waals surface area contributed by atoms with Gasteiger partial charge in [-0.3, -0.25) is 14.6 Å². The molecule has 2 aromatic rings. The summed E-state index contributed by atoms with van der Waals surface area (Å²) < 4.78 is 13.5. The first kappa shape index (κ1) is 17.1. The van der Waals surface area contributed by atoms with Gasteiger partial charge in [-0.1, -0.05) is 6.07 Å². The summed E-state index contributed by atoms with van der Waals surface area (Å²) in [5, 5.41) is 5.53. The van der Waals surface area contributed by atoms with Crippen LogP contribution in [0, 0.1) is 5.82 Å². The molecular weight excluding hydrogens is 321 g/mol. The van der Waals surface area contributed by atoms with Crippen LogP contribution in [0.3, 0.4) is 0 Å². The van der Waals surface area contributed by atoms with Crippen LogP contribution in [0.1, 0.15) is 36.4 Å². The lowest BCUT2D eigenvalue weighted by Crippen LogP contribution is -2.35. The number of anilines is 1. The van der Waals surface area contributed by atoms with Crippen LogP contribution in [-0.2, 0) is 16.0 Å². The minimum atomic E-state index is -0.643. The van der Waals surface area contributed by atoms with E-state index >= 15 is 0 Å². The molecule has 2 heterocycles. The summed E-state index contributed by atoms with van der Waals surface area (Å²) in [4.78, 5) is 28.5. The van der Waals surface area contributed by atoms with Crippen LogP contribution in [0.5, 0.6) is 0 Å². The average molecular weight is 341 g/mol. The molecule has 6 heteroatoms. The van der Waals surface area contributed by atoms with Crippen molar-refractivity contribution in [2.24, 2.45) is 0 Å². The standard InChI is InChI=1S/C19H20FN3O2/c20-13-7-8-17-15(11-13)16(12-18(24)23-17)19(25)22-10-4-2-6-14-5-1-3-9-21-14/h1,3,5,7-9,11,16H,2,4,6,10,12H2,(H,22,25)(H,23,24)/t16-/m0/s1. The number of carbonyl (C=O) groups excluding carboxylic acids is 2. The molecule has 5 nitrogen and oxygen atoms in total. The predicted octanol–water partition coefficient (Wildman–Crippen LogP) is 2.79.